The predicted octanol–water partition coefficient (Wildman–Crippen LogP) is 3.42. The second kappa shape index (κ2) is 9.90. The Bertz CT molecular complexity index is 170. The minimum absolute atomic E-state index is 0.843. The molecule has 1 atom stereocenters. The fraction of sp³-hybridized carbons (Fsp3) is 1.00. The lowest BCUT2D eigenvalue weighted by Gasteiger charge is -2.33. The average molecular weight is 240 g/mol. The van der Waals surface area contributed by atoms with Gasteiger partial charge in [0.1, 0.15) is 0 Å². The molecule has 1 fully saturated rings. The second-order valence-electron chi connectivity index (χ2n) is 5.54. The Morgan fingerprint density at radius 1 is 1.06 bits per heavy atom. The topological polar surface area (TPSA) is 15.3 Å². The van der Waals surface area contributed by atoms with E-state index in [0.29, 0.717) is 0 Å². The van der Waals surface area contributed by atoms with Crippen molar-refractivity contribution in [3.05, 3.63) is 0 Å². The van der Waals surface area contributed by atoms with Crippen molar-refractivity contribution in [3.8, 4) is 0 Å². The maximum absolute atomic E-state index is 3.47. The molecular formula is C15H32N2. The van der Waals surface area contributed by atoms with Gasteiger partial charge >= 0.3 is 0 Å². The zero-order valence-corrected chi connectivity index (χ0v) is 12.0. The molecule has 1 N–H and O–H groups in total. The highest BCUT2D eigenvalue weighted by atomic mass is 15.1. The summed E-state index contributed by atoms with van der Waals surface area (Å²) in [6, 6.07) is 0.843. The van der Waals surface area contributed by atoms with Crippen molar-refractivity contribution in [2.24, 2.45) is 0 Å². The number of unbranched alkanes of at least 4 members (excludes halogenated alkanes) is 3. The molecule has 0 aromatic rings. The molecule has 0 amide bonds. The van der Waals surface area contributed by atoms with Crippen LogP contribution in [0.2, 0.25) is 0 Å². The zero-order valence-electron chi connectivity index (χ0n) is 12.0. The van der Waals surface area contributed by atoms with E-state index in [1.54, 1.807) is 0 Å². The summed E-state index contributed by atoms with van der Waals surface area (Å²) in [7, 11) is 0. The van der Waals surface area contributed by atoms with E-state index in [1.165, 1.54) is 77.5 Å². The van der Waals surface area contributed by atoms with Gasteiger partial charge in [0, 0.05) is 6.04 Å². The molecule has 0 bridgehead atoms. The normalized spacial score (nSPS) is 21.9. The summed E-state index contributed by atoms with van der Waals surface area (Å²) in [6.45, 7) is 9.71. The van der Waals surface area contributed by atoms with Crippen molar-refractivity contribution in [2.75, 3.05) is 26.2 Å². The molecule has 102 valence electrons. The molecule has 1 rings (SSSR count). The Hall–Kier alpha value is -0.0800. The van der Waals surface area contributed by atoms with Crippen LogP contribution >= 0.6 is 0 Å². The van der Waals surface area contributed by atoms with Gasteiger partial charge in [0.05, 0.1) is 0 Å². The highest BCUT2D eigenvalue weighted by molar-refractivity contribution is 4.72. The van der Waals surface area contributed by atoms with Crippen molar-refractivity contribution in [2.45, 2.75) is 71.3 Å². The maximum Gasteiger partial charge on any atom is 0.00669 e. The molecule has 0 aromatic carbocycles. The molecule has 2 heteroatoms. The summed E-state index contributed by atoms with van der Waals surface area (Å²) in [4.78, 5) is 2.69. The maximum atomic E-state index is 3.47. The standard InChI is InChI=1S/C15H32N2/c1-3-11-16-12-7-4-5-8-13-17-14-9-6-10-15(17)2/h15-16H,3-14H2,1-2H3. The van der Waals surface area contributed by atoms with Gasteiger partial charge in [0.15, 0.2) is 0 Å². The van der Waals surface area contributed by atoms with Crippen molar-refractivity contribution in [1.29, 1.82) is 0 Å². The molecule has 0 aliphatic carbocycles. The number of piperidine rings is 1. The first-order valence-corrected chi connectivity index (χ1v) is 7.79. The molecule has 0 aromatic heterocycles. The molecular weight excluding hydrogens is 208 g/mol. The largest absolute Gasteiger partial charge is 0.317 e. The fourth-order valence-corrected chi connectivity index (χ4v) is 2.71. The summed E-state index contributed by atoms with van der Waals surface area (Å²) in [6.07, 6.45) is 11.1. The van der Waals surface area contributed by atoms with E-state index in [1.807, 2.05) is 0 Å². The van der Waals surface area contributed by atoms with Crippen LogP contribution in [0.15, 0.2) is 0 Å². The predicted molar refractivity (Wildman–Crippen MR) is 76.5 cm³/mol. The minimum Gasteiger partial charge on any atom is -0.317 e. The SMILES string of the molecule is CCCNCCCCCCN1CCCCC1C. The van der Waals surface area contributed by atoms with E-state index in [-0.39, 0.29) is 0 Å². The number of likely N-dealkylation sites (tertiary alicyclic amines) is 1. The zero-order chi connectivity index (χ0) is 12.3. The number of nitrogens with zero attached hydrogens (tertiary/aromatic N) is 1. The minimum atomic E-state index is 0.843. The Labute approximate surface area is 108 Å². The van der Waals surface area contributed by atoms with E-state index >= 15 is 0 Å². The van der Waals surface area contributed by atoms with Crippen LogP contribution in [0.5, 0.6) is 0 Å². The lowest BCUT2D eigenvalue weighted by Crippen LogP contribution is -2.37. The number of rotatable bonds is 9. The number of nitrogens with one attached hydrogen (secondary N) is 1. The molecule has 0 spiro atoms. The monoisotopic (exact) mass is 240 g/mol. The highest BCUT2D eigenvalue weighted by Gasteiger charge is 2.16. The number of hydrogen-bond acceptors (Lipinski definition) is 2. The molecule has 1 heterocycles. The van der Waals surface area contributed by atoms with E-state index in [2.05, 4.69) is 24.1 Å². The van der Waals surface area contributed by atoms with Crippen LogP contribution in [0.3, 0.4) is 0 Å². The van der Waals surface area contributed by atoms with Gasteiger partial charge in [-0.2, -0.15) is 0 Å². The third-order valence-electron chi connectivity index (χ3n) is 3.92. The molecule has 0 saturated carbocycles. The van der Waals surface area contributed by atoms with Crippen LogP contribution in [0.1, 0.15) is 65.2 Å². The third kappa shape index (κ3) is 7.05. The highest BCUT2D eigenvalue weighted by Crippen LogP contribution is 2.16. The van der Waals surface area contributed by atoms with Crippen molar-refractivity contribution in [1.82, 2.24) is 10.2 Å². The van der Waals surface area contributed by atoms with Crippen LogP contribution < -0.4 is 5.32 Å². The van der Waals surface area contributed by atoms with Crippen LogP contribution in [0.4, 0.5) is 0 Å². The summed E-state index contributed by atoms with van der Waals surface area (Å²) < 4.78 is 0. The quantitative estimate of drug-likeness (QED) is 0.621. The van der Waals surface area contributed by atoms with Crippen molar-refractivity contribution >= 4 is 0 Å². The Balaban J connectivity index is 1.86. The molecule has 1 unspecified atom stereocenters. The van der Waals surface area contributed by atoms with Gasteiger partial charge in [0.25, 0.3) is 0 Å². The summed E-state index contributed by atoms with van der Waals surface area (Å²) >= 11 is 0. The Morgan fingerprint density at radius 3 is 2.65 bits per heavy atom. The van der Waals surface area contributed by atoms with Crippen LogP contribution in [-0.2, 0) is 0 Å². The van der Waals surface area contributed by atoms with Crippen LogP contribution in [0.25, 0.3) is 0 Å². The smallest absolute Gasteiger partial charge is 0.00669 e. The first-order valence-electron chi connectivity index (χ1n) is 7.79. The molecule has 0 radical (unpaired) electrons. The third-order valence-corrected chi connectivity index (χ3v) is 3.92. The fourth-order valence-electron chi connectivity index (χ4n) is 2.71. The van der Waals surface area contributed by atoms with Gasteiger partial charge in [-0.1, -0.05) is 26.2 Å². The van der Waals surface area contributed by atoms with E-state index in [9.17, 15) is 0 Å². The molecule has 1 saturated heterocycles. The Kier molecular flexibility index (Phi) is 8.72. The summed E-state index contributed by atoms with van der Waals surface area (Å²) in [5, 5.41) is 3.47. The lowest BCUT2D eigenvalue weighted by atomic mass is 10.0. The van der Waals surface area contributed by atoms with Gasteiger partial charge in [-0.15, -0.1) is 0 Å². The van der Waals surface area contributed by atoms with Gasteiger partial charge in [0.2, 0.25) is 0 Å². The van der Waals surface area contributed by atoms with Gasteiger partial charge in [-0.3, -0.25) is 0 Å². The van der Waals surface area contributed by atoms with E-state index in [4.69, 9.17) is 0 Å². The first kappa shape index (κ1) is 15.0. The molecule has 2 nitrogen and oxygen atoms in total. The number of hydrogen-bond donors (Lipinski definition) is 1. The van der Waals surface area contributed by atoms with E-state index in [0.717, 1.165) is 6.04 Å². The van der Waals surface area contributed by atoms with Crippen LogP contribution in [0, 0.1) is 0 Å². The molecule has 1 aliphatic heterocycles. The average Bonchev–Trinajstić information content (AvgIpc) is 2.35. The lowest BCUT2D eigenvalue weighted by molar-refractivity contribution is 0.157. The van der Waals surface area contributed by atoms with Crippen LogP contribution in [-0.4, -0.2) is 37.1 Å². The van der Waals surface area contributed by atoms with Gasteiger partial charge in [-0.05, 0) is 65.2 Å². The van der Waals surface area contributed by atoms with Gasteiger partial charge < -0.3 is 10.2 Å². The first-order chi connectivity index (χ1) is 8.34. The second-order valence-corrected chi connectivity index (χ2v) is 5.54. The molecule has 17 heavy (non-hydrogen) atoms. The summed E-state index contributed by atoms with van der Waals surface area (Å²) in [5.74, 6) is 0. The molecule has 1 aliphatic rings. The van der Waals surface area contributed by atoms with Crippen molar-refractivity contribution < 1.29 is 0 Å². The van der Waals surface area contributed by atoms with E-state index < -0.39 is 0 Å². The Morgan fingerprint density at radius 2 is 1.88 bits per heavy atom. The van der Waals surface area contributed by atoms with Crippen molar-refractivity contribution in [3.63, 3.8) is 0 Å². The summed E-state index contributed by atoms with van der Waals surface area (Å²) in [5.41, 5.74) is 0. The van der Waals surface area contributed by atoms with Gasteiger partial charge in [-0.25, -0.2) is 0 Å².